The smallest absolute Gasteiger partial charge is 0.427 e. The quantitative estimate of drug-likeness (QED) is 0.783. The van der Waals surface area contributed by atoms with Gasteiger partial charge >= 0.3 is 6.18 Å². The van der Waals surface area contributed by atoms with Crippen LogP contribution in [0, 0.1) is 5.82 Å². The molecule has 0 N–H and O–H groups in total. The van der Waals surface area contributed by atoms with Crippen LogP contribution in [0.3, 0.4) is 0 Å². The molecule has 0 saturated carbocycles. The number of thiazole rings is 1. The molecule has 0 spiro atoms. The van der Waals surface area contributed by atoms with E-state index >= 15 is 0 Å². The van der Waals surface area contributed by atoms with Crippen molar-refractivity contribution < 1.29 is 22.3 Å². The lowest BCUT2D eigenvalue weighted by Crippen LogP contribution is -2.23. The highest BCUT2D eigenvalue weighted by Gasteiger charge is 2.33. The maximum absolute atomic E-state index is 12.7. The first-order chi connectivity index (χ1) is 9.86. The molecule has 0 saturated heterocycles. The van der Waals surface area contributed by atoms with Gasteiger partial charge in [0.2, 0.25) is 0 Å². The molecule has 1 aromatic carbocycles. The summed E-state index contributed by atoms with van der Waals surface area (Å²) < 4.78 is 55.5. The Labute approximate surface area is 122 Å². The van der Waals surface area contributed by atoms with Gasteiger partial charge in [-0.2, -0.15) is 13.2 Å². The Morgan fingerprint density at radius 1 is 1.24 bits per heavy atom. The fourth-order valence-electron chi connectivity index (χ4n) is 1.50. The fourth-order valence-corrected chi connectivity index (χ4v) is 2.27. The number of benzene rings is 1. The molecule has 1 aromatic heterocycles. The van der Waals surface area contributed by atoms with Gasteiger partial charge in [-0.05, 0) is 24.3 Å². The Balaban J connectivity index is 1.85. The largest absolute Gasteiger partial charge is 0.492 e. The number of nitrogens with zero attached hydrogens (tertiary/aromatic N) is 2. The zero-order valence-corrected chi connectivity index (χ0v) is 11.8. The first kappa shape index (κ1) is 15.6. The van der Waals surface area contributed by atoms with Gasteiger partial charge in [0.05, 0.1) is 12.7 Å². The van der Waals surface area contributed by atoms with Crippen molar-refractivity contribution >= 4 is 16.5 Å². The van der Waals surface area contributed by atoms with Crippen molar-refractivity contribution in [1.29, 1.82) is 0 Å². The number of aromatic nitrogens is 1. The van der Waals surface area contributed by atoms with Crippen molar-refractivity contribution in [3.05, 3.63) is 41.2 Å². The minimum Gasteiger partial charge on any atom is -0.492 e. The molecule has 0 aliphatic heterocycles. The second kappa shape index (κ2) is 6.30. The van der Waals surface area contributed by atoms with Crippen LogP contribution in [0.15, 0.2) is 30.5 Å². The molecule has 1 heterocycles. The minimum absolute atomic E-state index is 0.253. The van der Waals surface area contributed by atoms with Gasteiger partial charge in [-0.1, -0.05) is 11.3 Å². The third-order valence-electron chi connectivity index (χ3n) is 2.61. The average molecular weight is 320 g/mol. The molecule has 2 rings (SSSR count). The van der Waals surface area contributed by atoms with Crippen molar-refractivity contribution in [3.8, 4) is 5.75 Å². The first-order valence-corrected chi connectivity index (χ1v) is 6.80. The van der Waals surface area contributed by atoms with Crippen LogP contribution in [0.1, 0.15) is 4.88 Å². The summed E-state index contributed by atoms with van der Waals surface area (Å²) in [5.41, 5.74) is 0. The van der Waals surface area contributed by atoms with Crippen molar-refractivity contribution in [3.63, 3.8) is 0 Å². The molecule has 3 nitrogen and oxygen atoms in total. The summed E-state index contributed by atoms with van der Waals surface area (Å²) in [7, 11) is 1.63. The van der Waals surface area contributed by atoms with E-state index in [1.807, 2.05) is 0 Å². The van der Waals surface area contributed by atoms with E-state index < -0.39 is 11.1 Å². The summed E-state index contributed by atoms with van der Waals surface area (Å²) in [5, 5.41) is 0.269. The highest BCUT2D eigenvalue weighted by Crippen LogP contribution is 2.35. The van der Waals surface area contributed by atoms with E-state index in [1.54, 1.807) is 11.9 Å². The molecular weight excluding hydrogens is 308 g/mol. The summed E-state index contributed by atoms with van der Waals surface area (Å²) >= 11 is 0.581. The topological polar surface area (TPSA) is 25.4 Å². The Bertz CT molecular complexity index is 583. The highest BCUT2D eigenvalue weighted by atomic mass is 32.1. The molecule has 21 heavy (non-hydrogen) atoms. The molecule has 0 amide bonds. The van der Waals surface area contributed by atoms with Gasteiger partial charge < -0.3 is 9.64 Å². The molecular formula is C13H12F4N2OS. The molecule has 0 aliphatic rings. The van der Waals surface area contributed by atoms with Gasteiger partial charge in [0.1, 0.15) is 23.1 Å². The summed E-state index contributed by atoms with van der Waals surface area (Å²) in [6, 6.07) is 5.52. The lowest BCUT2D eigenvalue weighted by atomic mass is 10.3. The summed E-state index contributed by atoms with van der Waals surface area (Å²) in [6.07, 6.45) is -3.56. The van der Waals surface area contributed by atoms with Gasteiger partial charge in [0.25, 0.3) is 0 Å². The zero-order valence-electron chi connectivity index (χ0n) is 11.0. The van der Waals surface area contributed by atoms with Gasteiger partial charge in [0.15, 0.2) is 5.13 Å². The Morgan fingerprint density at radius 2 is 1.90 bits per heavy atom. The van der Waals surface area contributed by atoms with E-state index in [0.29, 0.717) is 23.6 Å². The second-order valence-corrected chi connectivity index (χ2v) is 5.24. The molecule has 0 atom stereocenters. The van der Waals surface area contributed by atoms with Crippen molar-refractivity contribution in [2.75, 3.05) is 25.1 Å². The number of hydrogen-bond donors (Lipinski definition) is 0. The van der Waals surface area contributed by atoms with E-state index in [-0.39, 0.29) is 17.6 Å². The van der Waals surface area contributed by atoms with Crippen molar-refractivity contribution in [1.82, 2.24) is 4.98 Å². The van der Waals surface area contributed by atoms with E-state index in [0.717, 1.165) is 6.20 Å². The Kier molecular flexibility index (Phi) is 4.66. The van der Waals surface area contributed by atoms with E-state index in [9.17, 15) is 17.6 Å². The van der Waals surface area contributed by atoms with Crippen LogP contribution < -0.4 is 9.64 Å². The molecule has 0 fully saturated rings. The predicted octanol–water partition coefficient (Wildman–Crippen LogP) is 3.82. The van der Waals surface area contributed by atoms with Crippen LogP contribution >= 0.6 is 11.3 Å². The number of alkyl halides is 3. The van der Waals surface area contributed by atoms with E-state index in [2.05, 4.69) is 4.98 Å². The monoisotopic (exact) mass is 320 g/mol. The van der Waals surface area contributed by atoms with Crippen molar-refractivity contribution in [2.45, 2.75) is 6.18 Å². The van der Waals surface area contributed by atoms with Gasteiger partial charge in [-0.25, -0.2) is 9.37 Å². The molecule has 0 aliphatic carbocycles. The molecule has 0 unspecified atom stereocenters. The number of ether oxygens (including phenoxy) is 1. The van der Waals surface area contributed by atoms with Crippen LogP contribution in [-0.4, -0.2) is 25.2 Å². The average Bonchev–Trinajstić information content (AvgIpc) is 2.90. The molecule has 0 bridgehead atoms. The van der Waals surface area contributed by atoms with Gasteiger partial charge in [-0.15, -0.1) is 0 Å². The predicted molar refractivity (Wildman–Crippen MR) is 72.3 cm³/mol. The Hall–Kier alpha value is -1.83. The third kappa shape index (κ3) is 4.32. The molecule has 0 radical (unpaired) electrons. The normalized spacial score (nSPS) is 11.5. The van der Waals surface area contributed by atoms with Crippen LogP contribution in [0.25, 0.3) is 0 Å². The fraction of sp³-hybridized carbons (Fsp3) is 0.308. The SMILES string of the molecule is CN(CCOc1ccc(F)cc1)c1ncc(C(F)(F)F)s1. The number of hydrogen-bond acceptors (Lipinski definition) is 4. The van der Waals surface area contributed by atoms with Crippen LogP contribution in [0.4, 0.5) is 22.7 Å². The lowest BCUT2D eigenvalue weighted by Gasteiger charge is -2.16. The van der Waals surface area contributed by atoms with Crippen LogP contribution in [0.2, 0.25) is 0 Å². The second-order valence-electron chi connectivity index (χ2n) is 4.23. The maximum atomic E-state index is 12.7. The Morgan fingerprint density at radius 3 is 2.48 bits per heavy atom. The van der Waals surface area contributed by atoms with Crippen LogP contribution in [-0.2, 0) is 6.18 Å². The maximum Gasteiger partial charge on any atom is 0.427 e. The number of likely N-dealkylation sites (N-methyl/N-ethyl adjacent to an activating group) is 1. The highest BCUT2D eigenvalue weighted by molar-refractivity contribution is 7.15. The summed E-state index contributed by atoms with van der Waals surface area (Å²) in [4.78, 5) is 4.58. The lowest BCUT2D eigenvalue weighted by molar-refractivity contribution is -0.134. The van der Waals surface area contributed by atoms with Gasteiger partial charge in [-0.3, -0.25) is 0 Å². The van der Waals surface area contributed by atoms with E-state index in [1.165, 1.54) is 24.3 Å². The zero-order chi connectivity index (χ0) is 15.5. The molecule has 2 aromatic rings. The number of halogens is 4. The summed E-state index contributed by atoms with van der Waals surface area (Å²) in [6.45, 7) is 0.616. The van der Waals surface area contributed by atoms with Gasteiger partial charge in [0, 0.05) is 7.05 Å². The van der Waals surface area contributed by atoms with Crippen LogP contribution in [0.5, 0.6) is 5.75 Å². The third-order valence-corrected chi connectivity index (χ3v) is 3.76. The first-order valence-electron chi connectivity index (χ1n) is 5.99. The number of anilines is 1. The number of rotatable bonds is 5. The summed E-state index contributed by atoms with van der Waals surface area (Å²) in [5.74, 6) is 0.141. The standard InChI is InChI=1S/C13H12F4N2OS/c1-19(12-18-8-11(21-12)13(15,16)17)6-7-20-10-4-2-9(14)3-5-10/h2-5,8H,6-7H2,1H3. The molecule has 8 heteroatoms. The molecule has 114 valence electrons. The van der Waals surface area contributed by atoms with Crippen molar-refractivity contribution in [2.24, 2.45) is 0 Å². The van der Waals surface area contributed by atoms with E-state index in [4.69, 9.17) is 4.74 Å². The minimum atomic E-state index is -4.37.